The number of rotatable bonds is 5. The highest BCUT2D eigenvalue weighted by molar-refractivity contribution is 7.90. The summed E-state index contributed by atoms with van der Waals surface area (Å²) in [6.45, 7) is 4.87. The van der Waals surface area contributed by atoms with E-state index < -0.39 is 21.2 Å². The second kappa shape index (κ2) is 7.75. The van der Waals surface area contributed by atoms with E-state index in [0.717, 1.165) is 25.5 Å². The number of carbonyl (C=O) groups is 1. The molecule has 0 bridgehead atoms. The summed E-state index contributed by atoms with van der Waals surface area (Å²) in [6, 6.07) is 2.90. The number of benzene rings is 1. The SMILES string of the molecule is CCn1[nH]cc(C(=O)c2ccc(S(C)(=O)=O)c(N3CCCCC3C)c2Cl)c1=O. The van der Waals surface area contributed by atoms with Crippen molar-refractivity contribution in [2.24, 2.45) is 0 Å². The fourth-order valence-electron chi connectivity index (χ4n) is 3.67. The van der Waals surface area contributed by atoms with Gasteiger partial charge in [-0.3, -0.25) is 14.3 Å². The molecule has 1 fully saturated rings. The van der Waals surface area contributed by atoms with Crippen LogP contribution in [0.1, 0.15) is 49.0 Å². The summed E-state index contributed by atoms with van der Waals surface area (Å²) >= 11 is 6.61. The lowest BCUT2D eigenvalue weighted by Gasteiger charge is -2.37. The predicted octanol–water partition coefficient (Wildman–Crippen LogP) is 2.86. The van der Waals surface area contributed by atoms with E-state index in [0.29, 0.717) is 18.8 Å². The molecule has 2 heterocycles. The molecule has 1 unspecified atom stereocenters. The van der Waals surface area contributed by atoms with Gasteiger partial charge in [0.05, 0.1) is 15.6 Å². The van der Waals surface area contributed by atoms with Crippen molar-refractivity contribution < 1.29 is 13.2 Å². The van der Waals surface area contributed by atoms with E-state index in [1.807, 2.05) is 11.8 Å². The first-order chi connectivity index (χ1) is 13.2. The van der Waals surface area contributed by atoms with Gasteiger partial charge in [-0.15, -0.1) is 0 Å². The molecule has 0 amide bonds. The van der Waals surface area contributed by atoms with Gasteiger partial charge in [-0.05, 0) is 45.2 Å². The zero-order chi connectivity index (χ0) is 20.6. The first-order valence-corrected chi connectivity index (χ1v) is 11.6. The molecule has 1 saturated heterocycles. The topological polar surface area (TPSA) is 92.2 Å². The molecule has 1 aromatic carbocycles. The van der Waals surface area contributed by atoms with Gasteiger partial charge >= 0.3 is 0 Å². The molecule has 152 valence electrons. The third-order valence-electron chi connectivity index (χ3n) is 5.21. The van der Waals surface area contributed by atoms with Crippen LogP contribution >= 0.6 is 11.6 Å². The van der Waals surface area contributed by atoms with Crippen LogP contribution < -0.4 is 10.5 Å². The van der Waals surface area contributed by atoms with Crippen molar-refractivity contribution in [1.29, 1.82) is 0 Å². The first-order valence-electron chi connectivity index (χ1n) is 9.29. The number of aromatic nitrogens is 2. The molecule has 1 aromatic heterocycles. The van der Waals surface area contributed by atoms with Crippen LogP contribution in [0.4, 0.5) is 5.69 Å². The maximum absolute atomic E-state index is 13.0. The highest BCUT2D eigenvalue weighted by atomic mass is 35.5. The molecule has 3 rings (SSSR count). The summed E-state index contributed by atoms with van der Waals surface area (Å²) in [4.78, 5) is 27.4. The third-order valence-corrected chi connectivity index (χ3v) is 6.73. The first kappa shape index (κ1) is 20.7. The predicted molar refractivity (Wildman–Crippen MR) is 109 cm³/mol. The lowest BCUT2D eigenvalue weighted by molar-refractivity contribution is 0.103. The Balaban J connectivity index is 2.19. The average Bonchev–Trinajstić information content (AvgIpc) is 3.01. The molecular formula is C19H24ClN3O4S. The van der Waals surface area contributed by atoms with E-state index in [1.165, 1.54) is 23.0 Å². The van der Waals surface area contributed by atoms with Gasteiger partial charge in [0.15, 0.2) is 9.84 Å². The number of halogens is 1. The highest BCUT2D eigenvalue weighted by Crippen LogP contribution is 2.39. The number of piperidine rings is 1. The summed E-state index contributed by atoms with van der Waals surface area (Å²) < 4.78 is 26.1. The number of aromatic amines is 1. The Bertz CT molecular complexity index is 1070. The van der Waals surface area contributed by atoms with Crippen LogP contribution in [0.3, 0.4) is 0 Å². The lowest BCUT2D eigenvalue weighted by atomic mass is 10.0. The van der Waals surface area contributed by atoms with Crippen molar-refractivity contribution in [3.63, 3.8) is 0 Å². The summed E-state index contributed by atoms with van der Waals surface area (Å²) in [6.07, 6.45) is 5.38. The Labute approximate surface area is 169 Å². The monoisotopic (exact) mass is 425 g/mol. The van der Waals surface area contributed by atoms with Crippen molar-refractivity contribution >= 4 is 32.9 Å². The van der Waals surface area contributed by atoms with Gasteiger partial charge in [0.2, 0.25) is 5.78 Å². The molecule has 0 aliphatic carbocycles. The number of sulfone groups is 1. The van der Waals surface area contributed by atoms with Crippen LogP contribution in [-0.2, 0) is 16.4 Å². The van der Waals surface area contributed by atoms with Crippen LogP contribution in [-0.4, -0.2) is 42.8 Å². The minimum absolute atomic E-state index is 0.0199. The number of H-pyrrole nitrogens is 1. The fourth-order valence-corrected chi connectivity index (χ4v) is 4.97. The summed E-state index contributed by atoms with van der Waals surface area (Å²) in [5, 5.41) is 2.82. The Kier molecular flexibility index (Phi) is 5.72. The molecule has 0 spiro atoms. The Morgan fingerprint density at radius 2 is 2.00 bits per heavy atom. The molecule has 0 radical (unpaired) electrons. The van der Waals surface area contributed by atoms with Gasteiger partial charge in [0, 0.05) is 37.1 Å². The zero-order valence-corrected chi connectivity index (χ0v) is 17.7. The largest absolute Gasteiger partial charge is 0.367 e. The Hall–Kier alpha value is -2.06. The lowest BCUT2D eigenvalue weighted by Crippen LogP contribution is -2.38. The second-order valence-corrected chi connectivity index (χ2v) is 9.51. The molecule has 1 aliphatic heterocycles. The highest BCUT2D eigenvalue weighted by Gasteiger charge is 2.30. The third kappa shape index (κ3) is 3.63. The quantitative estimate of drug-likeness (QED) is 0.743. The van der Waals surface area contributed by atoms with Crippen molar-refractivity contribution in [1.82, 2.24) is 9.78 Å². The Morgan fingerprint density at radius 1 is 1.29 bits per heavy atom. The molecule has 1 N–H and O–H groups in total. The number of ketones is 1. The molecule has 1 aliphatic rings. The summed E-state index contributed by atoms with van der Waals surface area (Å²) in [7, 11) is -3.55. The molecule has 28 heavy (non-hydrogen) atoms. The van der Waals surface area contributed by atoms with Gasteiger partial charge in [0.1, 0.15) is 5.56 Å². The van der Waals surface area contributed by atoms with Crippen LogP contribution in [0.2, 0.25) is 5.02 Å². The molecule has 7 nitrogen and oxygen atoms in total. The van der Waals surface area contributed by atoms with Crippen molar-refractivity contribution in [3.8, 4) is 0 Å². The van der Waals surface area contributed by atoms with E-state index in [4.69, 9.17) is 11.6 Å². The fraction of sp³-hybridized carbons (Fsp3) is 0.474. The minimum atomic E-state index is -3.55. The second-order valence-electron chi connectivity index (χ2n) is 7.15. The summed E-state index contributed by atoms with van der Waals surface area (Å²) in [5.74, 6) is -0.524. The maximum atomic E-state index is 13.0. The van der Waals surface area contributed by atoms with Crippen LogP contribution in [0.25, 0.3) is 0 Å². The van der Waals surface area contributed by atoms with E-state index in [1.54, 1.807) is 6.92 Å². The number of carbonyl (C=O) groups excluding carboxylic acids is 1. The van der Waals surface area contributed by atoms with Gasteiger partial charge in [-0.25, -0.2) is 8.42 Å². The zero-order valence-electron chi connectivity index (χ0n) is 16.2. The van der Waals surface area contributed by atoms with Crippen molar-refractivity contribution in [2.45, 2.75) is 50.6 Å². The smallest absolute Gasteiger partial charge is 0.277 e. The van der Waals surface area contributed by atoms with E-state index in [9.17, 15) is 18.0 Å². The molecule has 2 aromatic rings. The van der Waals surface area contributed by atoms with Crippen molar-refractivity contribution in [3.05, 3.63) is 44.8 Å². The number of hydrogen-bond donors (Lipinski definition) is 1. The number of anilines is 1. The van der Waals surface area contributed by atoms with Gasteiger partial charge < -0.3 is 10.00 Å². The standard InChI is InChI=1S/C19H24ClN3O4S/c1-4-23-19(25)14(11-21-23)18(24)13-8-9-15(28(3,26)27)17(16(13)20)22-10-6-5-7-12(22)2/h8-9,11-12,21H,4-7,10H2,1-3H3. The normalized spacial score (nSPS) is 17.7. The van der Waals surface area contributed by atoms with E-state index in [2.05, 4.69) is 5.10 Å². The molecule has 1 atom stereocenters. The average molecular weight is 426 g/mol. The van der Waals surface area contributed by atoms with Gasteiger partial charge in [0.25, 0.3) is 5.56 Å². The minimum Gasteiger partial charge on any atom is -0.367 e. The maximum Gasteiger partial charge on any atom is 0.277 e. The number of nitrogens with one attached hydrogen (secondary N) is 1. The van der Waals surface area contributed by atoms with Crippen LogP contribution in [0.5, 0.6) is 0 Å². The van der Waals surface area contributed by atoms with E-state index in [-0.39, 0.29) is 27.1 Å². The summed E-state index contributed by atoms with van der Waals surface area (Å²) in [5.41, 5.74) is 0.0342. The van der Waals surface area contributed by atoms with Crippen molar-refractivity contribution in [2.75, 3.05) is 17.7 Å². The van der Waals surface area contributed by atoms with Gasteiger partial charge in [-0.1, -0.05) is 11.6 Å². The molecular weight excluding hydrogens is 402 g/mol. The number of hydrogen-bond acceptors (Lipinski definition) is 5. The van der Waals surface area contributed by atoms with Crippen LogP contribution in [0, 0.1) is 0 Å². The van der Waals surface area contributed by atoms with E-state index >= 15 is 0 Å². The number of nitrogens with zero attached hydrogens (tertiary/aromatic N) is 2. The van der Waals surface area contributed by atoms with Gasteiger partial charge in [-0.2, -0.15) is 0 Å². The molecule has 0 saturated carbocycles. The van der Waals surface area contributed by atoms with Crippen LogP contribution in [0.15, 0.2) is 28.0 Å². The molecule has 9 heteroatoms. The Morgan fingerprint density at radius 3 is 2.57 bits per heavy atom. The number of aryl methyl sites for hydroxylation is 1.